The molecule has 4 nitrogen and oxygen atoms in total. The summed E-state index contributed by atoms with van der Waals surface area (Å²) in [6.07, 6.45) is 2.58. The van der Waals surface area contributed by atoms with E-state index >= 15 is 0 Å². The Morgan fingerprint density at radius 1 is 1.33 bits per heavy atom. The van der Waals surface area contributed by atoms with Gasteiger partial charge in [-0.3, -0.25) is 4.98 Å². The average molecular weight is 252 g/mol. The molecule has 0 aliphatic carbocycles. The molecule has 0 aromatic carbocycles. The van der Waals surface area contributed by atoms with Gasteiger partial charge in [-0.25, -0.2) is 0 Å². The number of aromatic nitrogens is 1. The second kappa shape index (κ2) is 8.06. The van der Waals surface area contributed by atoms with Crippen LogP contribution in [0.25, 0.3) is 0 Å². The standard InChI is InChI=1S/C14H24N2O2/c1-4-12(15)10-13-14(7-6-11(2)16-13)18-9-5-8-17-3/h6-7,12H,4-5,8-10,15H2,1-3H3. The van der Waals surface area contributed by atoms with E-state index in [4.69, 9.17) is 15.2 Å². The maximum Gasteiger partial charge on any atom is 0.140 e. The smallest absolute Gasteiger partial charge is 0.140 e. The van der Waals surface area contributed by atoms with E-state index in [-0.39, 0.29) is 6.04 Å². The van der Waals surface area contributed by atoms with Gasteiger partial charge in [0.15, 0.2) is 0 Å². The maximum absolute atomic E-state index is 5.98. The van der Waals surface area contributed by atoms with Crippen molar-refractivity contribution in [2.75, 3.05) is 20.3 Å². The van der Waals surface area contributed by atoms with Gasteiger partial charge in [0.25, 0.3) is 0 Å². The molecule has 0 saturated carbocycles. The highest BCUT2D eigenvalue weighted by atomic mass is 16.5. The van der Waals surface area contributed by atoms with E-state index in [1.807, 2.05) is 19.1 Å². The second-order valence-electron chi connectivity index (χ2n) is 4.46. The molecule has 0 radical (unpaired) electrons. The number of hydrogen-bond donors (Lipinski definition) is 1. The minimum Gasteiger partial charge on any atom is -0.492 e. The number of nitrogens with two attached hydrogens (primary N) is 1. The third-order valence-electron chi connectivity index (χ3n) is 2.80. The molecule has 0 spiro atoms. The molecule has 1 aromatic heterocycles. The quantitative estimate of drug-likeness (QED) is 0.720. The van der Waals surface area contributed by atoms with Crippen LogP contribution in [-0.4, -0.2) is 31.3 Å². The van der Waals surface area contributed by atoms with Gasteiger partial charge in [0.1, 0.15) is 5.75 Å². The molecular formula is C14H24N2O2. The maximum atomic E-state index is 5.98. The van der Waals surface area contributed by atoms with E-state index in [9.17, 15) is 0 Å². The van der Waals surface area contributed by atoms with E-state index in [1.54, 1.807) is 7.11 Å². The van der Waals surface area contributed by atoms with E-state index in [0.717, 1.165) is 36.4 Å². The monoisotopic (exact) mass is 252 g/mol. The number of nitrogens with zero attached hydrogens (tertiary/aromatic N) is 1. The Hall–Kier alpha value is -1.13. The Morgan fingerprint density at radius 2 is 2.11 bits per heavy atom. The molecule has 1 rings (SSSR count). The first kappa shape index (κ1) is 14.9. The summed E-state index contributed by atoms with van der Waals surface area (Å²) in [5.74, 6) is 0.848. The van der Waals surface area contributed by atoms with Crippen molar-refractivity contribution in [3.8, 4) is 5.75 Å². The molecule has 0 amide bonds. The van der Waals surface area contributed by atoms with E-state index < -0.39 is 0 Å². The van der Waals surface area contributed by atoms with Gasteiger partial charge >= 0.3 is 0 Å². The van der Waals surface area contributed by atoms with Gasteiger partial charge in [0.2, 0.25) is 0 Å². The Bertz CT molecular complexity index is 356. The molecule has 1 atom stereocenters. The first-order valence-corrected chi connectivity index (χ1v) is 6.51. The van der Waals surface area contributed by atoms with Crippen molar-refractivity contribution in [3.05, 3.63) is 23.5 Å². The molecule has 4 heteroatoms. The predicted octanol–water partition coefficient (Wildman–Crippen LogP) is 2.09. The van der Waals surface area contributed by atoms with Gasteiger partial charge in [0.05, 0.1) is 12.3 Å². The van der Waals surface area contributed by atoms with Crippen LogP contribution in [-0.2, 0) is 11.2 Å². The van der Waals surface area contributed by atoms with Crippen LogP contribution in [0.2, 0.25) is 0 Å². The van der Waals surface area contributed by atoms with Crippen LogP contribution in [0.3, 0.4) is 0 Å². The first-order chi connectivity index (χ1) is 8.67. The van der Waals surface area contributed by atoms with Gasteiger partial charge in [-0.05, 0) is 25.5 Å². The van der Waals surface area contributed by atoms with Crippen molar-refractivity contribution in [2.45, 2.75) is 39.2 Å². The fourth-order valence-electron chi connectivity index (χ4n) is 1.65. The molecule has 0 saturated heterocycles. The zero-order valence-corrected chi connectivity index (χ0v) is 11.6. The molecule has 1 heterocycles. The molecule has 0 aliphatic heterocycles. The summed E-state index contributed by atoms with van der Waals surface area (Å²) in [7, 11) is 1.69. The number of ether oxygens (including phenoxy) is 2. The van der Waals surface area contributed by atoms with Crippen LogP contribution in [0.5, 0.6) is 5.75 Å². The summed E-state index contributed by atoms with van der Waals surface area (Å²) in [6, 6.07) is 4.08. The number of methoxy groups -OCH3 is 1. The Labute approximate surface area is 110 Å². The molecule has 0 fully saturated rings. The van der Waals surface area contributed by atoms with E-state index in [2.05, 4.69) is 11.9 Å². The number of rotatable bonds is 8. The van der Waals surface area contributed by atoms with Crippen LogP contribution in [0.1, 0.15) is 31.2 Å². The number of aryl methyl sites for hydroxylation is 1. The second-order valence-corrected chi connectivity index (χ2v) is 4.46. The fraction of sp³-hybridized carbons (Fsp3) is 0.643. The zero-order chi connectivity index (χ0) is 13.4. The highest BCUT2D eigenvalue weighted by Gasteiger charge is 2.10. The largest absolute Gasteiger partial charge is 0.492 e. The average Bonchev–Trinajstić information content (AvgIpc) is 2.36. The summed E-state index contributed by atoms with van der Waals surface area (Å²) in [4.78, 5) is 4.52. The molecule has 1 unspecified atom stereocenters. The van der Waals surface area contributed by atoms with Crippen molar-refractivity contribution in [2.24, 2.45) is 5.73 Å². The molecule has 18 heavy (non-hydrogen) atoms. The van der Waals surface area contributed by atoms with Gasteiger partial charge < -0.3 is 15.2 Å². The van der Waals surface area contributed by atoms with Crippen LogP contribution in [0.15, 0.2) is 12.1 Å². The molecule has 0 bridgehead atoms. The fourth-order valence-corrected chi connectivity index (χ4v) is 1.65. The normalized spacial score (nSPS) is 12.4. The topological polar surface area (TPSA) is 57.4 Å². The zero-order valence-electron chi connectivity index (χ0n) is 11.6. The summed E-state index contributed by atoms with van der Waals surface area (Å²) in [5.41, 5.74) is 7.94. The third-order valence-corrected chi connectivity index (χ3v) is 2.80. The minimum atomic E-state index is 0.139. The van der Waals surface area contributed by atoms with Crippen molar-refractivity contribution < 1.29 is 9.47 Å². The van der Waals surface area contributed by atoms with Gasteiger partial charge in [0, 0.05) is 38.3 Å². The summed E-state index contributed by atoms with van der Waals surface area (Å²) < 4.78 is 10.7. The first-order valence-electron chi connectivity index (χ1n) is 6.51. The summed E-state index contributed by atoms with van der Waals surface area (Å²) in [5, 5.41) is 0. The molecule has 2 N–H and O–H groups in total. The molecule has 1 aromatic rings. The van der Waals surface area contributed by atoms with Crippen molar-refractivity contribution in [1.29, 1.82) is 0 Å². The van der Waals surface area contributed by atoms with E-state index in [1.165, 1.54) is 0 Å². The summed E-state index contributed by atoms with van der Waals surface area (Å²) >= 11 is 0. The SMILES string of the molecule is CCC(N)Cc1nc(C)ccc1OCCCOC. The lowest BCUT2D eigenvalue weighted by atomic mass is 10.1. The lowest BCUT2D eigenvalue weighted by molar-refractivity contribution is 0.171. The van der Waals surface area contributed by atoms with Gasteiger partial charge in [-0.1, -0.05) is 6.92 Å². The van der Waals surface area contributed by atoms with Gasteiger partial charge in [-0.15, -0.1) is 0 Å². The lowest BCUT2D eigenvalue weighted by Crippen LogP contribution is -2.22. The third kappa shape index (κ3) is 5.02. The van der Waals surface area contributed by atoms with Crippen molar-refractivity contribution in [3.63, 3.8) is 0 Å². The summed E-state index contributed by atoms with van der Waals surface area (Å²) in [6.45, 7) is 5.42. The van der Waals surface area contributed by atoms with Crippen LogP contribution < -0.4 is 10.5 Å². The van der Waals surface area contributed by atoms with Crippen molar-refractivity contribution in [1.82, 2.24) is 4.98 Å². The van der Waals surface area contributed by atoms with Crippen LogP contribution in [0, 0.1) is 6.92 Å². The Kier molecular flexibility index (Phi) is 6.68. The van der Waals surface area contributed by atoms with Gasteiger partial charge in [-0.2, -0.15) is 0 Å². The Balaban J connectivity index is 2.64. The number of pyridine rings is 1. The Morgan fingerprint density at radius 3 is 2.78 bits per heavy atom. The highest BCUT2D eigenvalue weighted by Crippen LogP contribution is 2.19. The van der Waals surface area contributed by atoms with Crippen LogP contribution >= 0.6 is 0 Å². The van der Waals surface area contributed by atoms with Crippen LogP contribution in [0.4, 0.5) is 0 Å². The molecule has 0 aliphatic rings. The number of hydrogen-bond acceptors (Lipinski definition) is 4. The molecule has 102 valence electrons. The minimum absolute atomic E-state index is 0.139. The highest BCUT2D eigenvalue weighted by molar-refractivity contribution is 5.30. The molecular weight excluding hydrogens is 228 g/mol. The van der Waals surface area contributed by atoms with E-state index in [0.29, 0.717) is 13.2 Å². The lowest BCUT2D eigenvalue weighted by Gasteiger charge is -2.14. The van der Waals surface area contributed by atoms with Crippen molar-refractivity contribution >= 4 is 0 Å². The predicted molar refractivity (Wildman–Crippen MR) is 72.9 cm³/mol.